The van der Waals surface area contributed by atoms with Gasteiger partial charge in [0.05, 0.1) is 22.9 Å². The maximum Gasteiger partial charge on any atom is 0.326 e. The standard InChI is InChI=1S/C27H26FN3O4/c28-20-9-6-17(7-10-20)14-23(27(33)34)30-26(32)18-8-11-24-22(15-18)29-25(19-12-13-35-16-19)31(24)21-4-2-1-3-5-21/h6-13,15-16,21,23H,1-5,14H2,(H,30,32)(H,33,34)/t23-/m0/s1. The first-order chi connectivity index (χ1) is 17.0. The van der Waals surface area contributed by atoms with E-state index >= 15 is 0 Å². The second kappa shape index (κ2) is 9.74. The molecule has 1 aliphatic carbocycles. The van der Waals surface area contributed by atoms with E-state index in [1.807, 2.05) is 12.1 Å². The van der Waals surface area contributed by atoms with Crippen LogP contribution in [0.4, 0.5) is 4.39 Å². The molecule has 2 heterocycles. The first-order valence-electron chi connectivity index (χ1n) is 11.8. The number of nitrogens with one attached hydrogen (secondary N) is 1. The third-order valence-corrected chi connectivity index (χ3v) is 6.63. The van der Waals surface area contributed by atoms with Crippen molar-refractivity contribution in [1.29, 1.82) is 0 Å². The van der Waals surface area contributed by atoms with Crippen molar-refractivity contribution in [3.05, 3.63) is 78.0 Å². The largest absolute Gasteiger partial charge is 0.480 e. The van der Waals surface area contributed by atoms with Crippen molar-refractivity contribution in [3.63, 3.8) is 0 Å². The second-order valence-electron chi connectivity index (χ2n) is 9.01. The van der Waals surface area contributed by atoms with E-state index in [0.717, 1.165) is 29.7 Å². The van der Waals surface area contributed by atoms with Crippen LogP contribution in [0.1, 0.15) is 54.1 Å². The molecule has 0 bridgehead atoms. The van der Waals surface area contributed by atoms with E-state index in [2.05, 4.69) is 9.88 Å². The van der Waals surface area contributed by atoms with Crippen LogP contribution in [0, 0.1) is 5.82 Å². The zero-order valence-corrected chi connectivity index (χ0v) is 19.1. The Balaban J connectivity index is 1.43. The molecule has 2 N–H and O–H groups in total. The Hall–Kier alpha value is -3.94. The average Bonchev–Trinajstić information content (AvgIpc) is 3.53. The highest BCUT2D eigenvalue weighted by Gasteiger charge is 2.25. The monoisotopic (exact) mass is 475 g/mol. The lowest BCUT2D eigenvalue weighted by molar-refractivity contribution is -0.139. The van der Waals surface area contributed by atoms with Crippen molar-refractivity contribution in [2.75, 3.05) is 0 Å². The Morgan fingerprint density at radius 1 is 1.11 bits per heavy atom. The molecule has 4 aromatic rings. The van der Waals surface area contributed by atoms with Crippen molar-refractivity contribution in [2.45, 2.75) is 50.6 Å². The third-order valence-electron chi connectivity index (χ3n) is 6.63. The van der Waals surface area contributed by atoms with Crippen molar-refractivity contribution >= 4 is 22.9 Å². The van der Waals surface area contributed by atoms with Gasteiger partial charge in [-0.15, -0.1) is 0 Å². The highest BCUT2D eigenvalue weighted by molar-refractivity contribution is 5.99. The van der Waals surface area contributed by atoms with Crippen molar-refractivity contribution < 1.29 is 23.5 Å². The summed E-state index contributed by atoms with van der Waals surface area (Å²) >= 11 is 0. The number of imidazole rings is 1. The zero-order valence-electron chi connectivity index (χ0n) is 19.1. The molecule has 0 aliphatic heterocycles. The fourth-order valence-electron chi connectivity index (χ4n) is 4.84. The van der Waals surface area contributed by atoms with Gasteiger partial charge in [0, 0.05) is 18.0 Å². The van der Waals surface area contributed by atoms with Gasteiger partial charge in [-0.05, 0) is 54.8 Å². The Labute approximate surface area is 201 Å². The quantitative estimate of drug-likeness (QED) is 0.375. The van der Waals surface area contributed by atoms with E-state index in [1.54, 1.807) is 24.7 Å². The number of hydrogen-bond donors (Lipinski definition) is 2. The van der Waals surface area contributed by atoms with E-state index in [-0.39, 0.29) is 6.42 Å². The topological polar surface area (TPSA) is 97.4 Å². The molecular formula is C27H26FN3O4. The Morgan fingerprint density at radius 3 is 2.57 bits per heavy atom. The molecule has 1 saturated carbocycles. The van der Waals surface area contributed by atoms with Crippen LogP contribution in [0.3, 0.4) is 0 Å². The molecule has 180 valence electrons. The van der Waals surface area contributed by atoms with Crippen LogP contribution in [0.15, 0.2) is 65.5 Å². The molecule has 1 amide bonds. The molecule has 0 saturated heterocycles. The number of carbonyl (C=O) groups excluding carboxylic acids is 1. The van der Waals surface area contributed by atoms with E-state index in [0.29, 0.717) is 22.7 Å². The van der Waals surface area contributed by atoms with Gasteiger partial charge in [0.2, 0.25) is 0 Å². The molecule has 1 atom stereocenters. The SMILES string of the molecule is O=C(N[C@@H](Cc1ccc(F)cc1)C(=O)O)c1ccc2c(c1)nc(-c1ccoc1)n2C1CCCCC1. The molecule has 5 rings (SSSR count). The van der Waals surface area contributed by atoms with Crippen LogP contribution in [-0.4, -0.2) is 32.6 Å². The summed E-state index contributed by atoms with van der Waals surface area (Å²) in [6.45, 7) is 0. The molecule has 35 heavy (non-hydrogen) atoms. The van der Waals surface area contributed by atoms with Gasteiger partial charge >= 0.3 is 5.97 Å². The number of carboxylic acid groups (broad SMARTS) is 1. The number of rotatable bonds is 7. The number of halogens is 1. The molecule has 1 aliphatic rings. The highest BCUT2D eigenvalue weighted by atomic mass is 19.1. The van der Waals surface area contributed by atoms with Gasteiger partial charge in [-0.25, -0.2) is 14.2 Å². The lowest BCUT2D eigenvalue weighted by Crippen LogP contribution is -2.42. The van der Waals surface area contributed by atoms with Crippen LogP contribution in [0.5, 0.6) is 0 Å². The van der Waals surface area contributed by atoms with Crippen LogP contribution in [0.25, 0.3) is 22.4 Å². The van der Waals surface area contributed by atoms with Gasteiger partial charge in [-0.3, -0.25) is 4.79 Å². The number of carbonyl (C=O) groups is 2. The molecule has 0 spiro atoms. The van der Waals surface area contributed by atoms with Crippen LogP contribution in [-0.2, 0) is 11.2 Å². The number of nitrogens with zero attached hydrogens (tertiary/aromatic N) is 2. The van der Waals surface area contributed by atoms with Crippen LogP contribution in [0.2, 0.25) is 0 Å². The van der Waals surface area contributed by atoms with Gasteiger partial charge in [-0.2, -0.15) is 0 Å². The molecule has 0 unspecified atom stereocenters. The van der Waals surface area contributed by atoms with E-state index in [1.165, 1.54) is 43.5 Å². The minimum absolute atomic E-state index is 0.0462. The highest BCUT2D eigenvalue weighted by Crippen LogP contribution is 2.36. The van der Waals surface area contributed by atoms with E-state index < -0.39 is 23.7 Å². The van der Waals surface area contributed by atoms with Gasteiger partial charge in [0.1, 0.15) is 23.9 Å². The zero-order chi connectivity index (χ0) is 24.4. The summed E-state index contributed by atoms with van der Waals surface area (Å²) < 4.78 is 20.7. The van der Waals surface area contributed by atoms with Gasteiger partial charge in [0.15, 0.2) is 0 Å². The number of carboxylic acids is 1. The van der Waals surface area contributed by atoms with Crippen molar-refractivity contribution in [3.8, 4) is 11.4 Å². The van der Waals surface area contributed by atoms with Crippen molar-refractivity contribution in [1.82, 2.24) is 14.9 Å². The van der Waals surface area contributed by atoms with Gasteiger partial charge < -0.3 is 19.4 Å². The van der Waals surface area contributed by atoms with Crippen molar-refractivity contribution in [2.24, 2.45) is 0 Å². The maximum absolute atomic E-state index is 13.2. The smallest absolute Gasteiger partial charge is 0.326 e. The predicted molar refractivity (Wildman–Crippen MR) is 129 cm³/mol. The fourth-order valence-corrected chi connectivity index (χ4v) is 4.84. The lowest BCUT2D eigenvalue weighted by Gasteiger charge is -2.25. The molecule has 8 heteroatoms. The van der Waals surface area contributed by atoms with Gasteiger partial charge in [0.25, 0.3) is 5.91 Å². The minimum atomic E-state index is -1.16. The fraction of sp³-hybridized carbons (Fsp3) is 0.296. The number of aromatic nitrogens is 2. The summed E-state index contributed by atoms with van der Waals surface area (Å²) in [6, 6.07) is 11.9. The summed E-state index contributed by atoms with van der Waals surface area (Å²) in [6.07, 6.45) is 9.04. The molecule has 2 aromatic heterocycles. The first-order valence-corrected chi connectivity index (χ1v) is 11.8. The Kier molecular flexibility index (Phi) is 6.35. The molecule has 7 nitrogen and oxygen atoms in total. The number of furan rings is 1. The Bertz CT molecular complexity index is 1340. The number of benzene rings is 2. The predicted octanol–water partition coefficient (Wildman–Crippen LogP) is 5.37. The summed E-state index contributed by atoms with van der Waals surface area (Å²) in [5.41, 5.74) is 3.43. The second-order valence-corrected chi connectivity index (χ2v) is 9.01. The number of amides is 1. The van der Waals surface area contributed by atoms with Crippen LogP contribution >= 0.6 is 0 Å². The lowest BCUT2D eigenvalue weighted by atomic mass is 9.95. The molecule has 2 aromatic carbocycles. The molecule has 0 radical (unpaired) electrons. The molecule has 1 fully saturated rings. The van der Waals surface area contributed by atoms with Crippen LogP contribution < -0.4 is 5.32 Å². The molecular weight excluding hydrogens is 449 g/mol. The normalized spacial score (nSPS) is 15.2. The minimum Gasteiger partial charge on any atom is -0.480 e. The summed E-state index contributed by atoms with van der Waals surface area (Å²) in [5.74, 6) is -1.26. The Morgan fingerprint density at radius 2 is 1.89 bits per heavy atom. The summed E-state index contributed by atoms with van der Waals surface area (Å²) in [7, 11) is 0. The van der Waals surface area contributed by atoms with E-state index in [4.69, 9.17) is 9.40 Å². The number of hydrogen-bond acceptors (Lipinski definition) is 4. The summed E-state index contributed by atoms with van der Waals surface area (Å²) in [4.78, 5) is 29.6. The third kappa shape index (κ3) is 4.82. The van der Waals surface area contributed by atoms with Gasteiger partial charge in [-0.1, -0.05) is 31.4 Å². The first kappa shape index (κ1) is 22.8. The number of fused-ring (bicyclic) bond motifs is 1. The average molecular weight is 476 g/mol. The maximum atomic E-state index is 13.2. The summed E-state index contributed by atoms with van der Waals surface area (Å²) in [5, 5.41) is 12.2. The number of aliphatic carboxylic acids is 1. The van der Waals surface area contributed by atoms with E-state index in [9.17, 15) is 19.1 Å².